The molecule has 150 valence electrons. The van der Waals surface area contributed by atoms with Crippen LogP contribution in [0.2, 0.25) is 0 Å². The van der Waals surface area contributed by atoms with Crippen molar-refractivity contribution in [2.45, 2.75) is 19.8 Å². The van der Waals surface area contributed by atoms with E-state index >= 15 is 0 Å². The number of aliphatic carboxylic acids is 1. The maximum atomic E-state index is 11.2. The average Bonchev–Trinajstić information content (AvgIpc) is 3.14. The molecule has 1 N–H and O–H groups in total. The Morgan fingerprint density at radius 2 is 2.25 bits per heavy atom. The van der Waals surface area contributed by atoms with Crippen LogP contribution in [0.15, 0.2) is 40.9 Å². The van der Waals surface area contributed by atoms with Crippen molar-refractivity contribution in [1.29, 1.82) is 0 Å². The summed E-state index contributed by atoms with van der Waals surface area (Å²) in [6.07, 6.45) is 1.66. The van der Waals surface area contributed by atoms with Gasteiger partial charge in [-0.05, 0) is 55.5 Å². The van der Waals surface area contributed by atoms with Crippen LogP contribution in [-0.4, -0.2) is 55.0 Å². The van der Waals surface area contributed by atoms with Crippen molar-refractivity contribution < 1.29 is 19.5 Å². The molecule has 1 aromatic carbocycles. The van der Waals surface area contributed by atoms with Gasteiger partial charge >= 0.3 is 5.97 Å². The number of benzene rings is 1. The zero-order valence-corrected chi connectivity index (χ0v) is 17.1. The molecular formula is C21H26N2O4S. The lowest BCUT2D eigenvalue weighted by molar-refractivity contribution is -0.143. The molecule has 28 heavy (non-hydrogen) atoms. The lowest BCUT2D eigenvalue weighted by Crippen LogP contribution is -2.40. The minimum absolute atomic E-state index is 0.279. The van der Waals surface area contributed by atoms with E-state index in [1.54, 1.807) is 18.4 Å². The highest BCUT2D eigenvalue weighted by atomic mass is 32.1. The molecule has 0 radical (unpaired) electrons. The Hall–Kier alpha value is -2.38. The lowest BCUT2D eigenvalue weighted by Gasteiger charge is -2.29. The summed E-state index contributed by atoms with van der Waals surface area (Å²) in [6, 6.07) is 9.86. The Morgan fingerprint density at radius 3 is 2.96 bits per heavy atom. The number of nitrogens with zero attached hydrogens (tertiary/aromatic N) is 2. The molecule has 0 spiro atoms. The fourth-order valence-corrected chi connectivity index (χ4v) is 4.21. The second-order valence-corrected chi connectivity index (χ2v) is 7.88. The summed E-state index contributed by atoms with van der Waals surface area (Å²) in [5.74, 6) is -0.220. The van der Waals surface area contributed by atoms with Crippen LogP contribution in [0.25, 0.3) is 0 Å². The zero-order chi connectivity index (χ0) is 19.9. The van der Waals surface area contributed by atoms with E-state index in [2.05, 4.69) is 28.4 Å². The number of ether oxygens (including phenoxy) is 1. The highest BCUT2D eigenvalue weighted by molar-refractivity contribution is 7.12. The topological polar surface area (TPSA) is 71.4 Å². The van der Waals surface area contributed by atoms with Crippen molar-refractivity contribution in [2.24, 2.45) is 11.1 Å². The Kier molecular flexibility index (Phi) is 7.06. The molecule has 7 heteroatoms. The van der Waals surface area contributed by atoms with E-state index in [0.717, 1.165) is 41.3 Å². The van der Waals surface area contributed by atoms with Crippen molar-refractivity contribution in [3.05, 3.63) is 51.7 Å². The molecule has 0 saturated carbocycles. The van der Waals surface area contributed by atoms with Crippen LogP contribution in [0.4, 0.5) is 0 Å². The van der Waals surface area contributed by atoms with Crippen molar-refractivity contribution in [3.63, 3.8) is 0 Å². The van der Waals surface area contributed by atoms with Gasteiger partial charge in [0.1, 0.15) is 18.1 Å². The highest BCUT2D eigenvalue weighted by Crippen LogP contribution is 2.22. The Balaban J connectivity index is 1.67. The monoisotopic (exact) mass is 402 g/mol. The molecule has 0 bridgehead atoms. The molecule has 1 atom stereocenters. The third-order valence-electron chi connectivity index (χ3n) is 4.82. The predicted molar refractivity (Wildman–Crippen MR) is 110 cm³/mol. The number of hydrogen-bond acceptors (Lipinski definition) is 6. The van der Waals surface area contributed by atoms with Crippen LogP contribution in [0.5, 0.6) is 5.75 Å². The normalized spacial score (nSPS) is 18.1. The molecule has 0 aliphatic carbocycles. The van der Waals surface area contributed by atoms with Crippen molar-refractivity contribution >= 4 is 23.0 Å². The van der Waals surface area contributed by atoms with E-state index in [0.29, 0.717) is 19.7 Å². The number of piperidine rings is 1. The first kappa shape index (κ1) is 20.4. The van der Waals surface area contributed by atoms with Crippen LogP contribution in [0.1, 0.15) is 28.8 Å². The Morgan fingerprint density at radius 1 is 1.39 bits per heavy atom. The number of methoxy groups -OCH3 is 1. The largest absolute Gasteiger partial charge is 0.497 e. The van der Waals surface area contributed by atoms with E-state index < -0.39 is 5.97 Å². The summed E-state index contributed by atoms with van der Waals surface area (Å²) in [4.78, 5) is 20.0. The van der Waals surface area contributed by atoms with Gasteiger partial charge in [0.25, 0.3) is 0 Å². The van der Waals surface area contributed by atoms with Gasteiger partial charge in [0.2, 0.25) is 0 Å². The third kappa shape index (κ3) is 5.33. The first-order valence-electron chi connectivity index (χ1n) is 9.42. The van der Waals surface area contributed by atoms with Gasteiger partial charge in [-0.2, -0.15) is 0 Å². The Bertz CT molecular complexity index is 833. The minimum atomic E-state index is -0.711. The first-order valence-corrected chi connectivity index (χ1v) is 10.3. The molecule has 0 amide bonds. The van der Waals surface area contributed by atoms with Crippen molar-refractivity contribution in [2.75, 3.05) is 33.4 Å². The Labute approximate surface area is 169 Å². The van der Waals surface area contributed by atoms with Gasteiger partial charge in [-0.25, -0.2) is 0 Å². The highest BCUT2D eigenvalue weighted by Gasteiger charge is 2.25. The quantitative estimate of drug-likeness (QED) is 0.415. The van der Waals surface area contributed by atoms with E-state index in [4.69, 9.17) is 9.57 Å². The molecule has 1 aliphatic rings. The van der Waals surface area contributed by atoms with Gasteiger partial charge < -0.3 is 14.7 Å². The van der Waals surface area contributed by atoms with Gasteiger partial charge in [0, 0.05) is 18.7 Å². The number of carboxylic acids is 1. The molecule has 3 rings (SSSR count). The summed E-state index contributed by atoms with van der Waals surface area (Å²) in [5, 5.41) is 15.7. The van der Waals surface area contributed by atoms with Crippen molar-refractivity contribution in [1.82, 2.24) is 4.90 Å². The van der Waals surface area contributed by atoms with Crippen LogP contribution in [-0.2, 0) is 9.63 Å². The fourth-order valence-electron chi connectivity index (χ4n) is 3.31. The summed E-state index contributed by atoms with van der Waals surface area (Å²) in [6.45, 7) is 4.63. The summed E-state index contributed by atoms with van der Waals surface area (Å²) >= 11 is 1.63. The van der Waals surface area contributed by atoms with E-state index in [9.17, 15) is 9.90 Å². The van der Waals surface area contributed by atoms with E-state index in [-0.39, 0.29) is 5.92 Å². The smallest absolute Gasteiger partial charge is 0.307 e. The number of likely N-dealkylation sites (tertiary alicyclic amines) is 1. The number of oxime groups is 1. The lowest BCUT2D eigenvalue weighted by atomic mass is 9.98. The van der Waals surface area contributed by atoms with Gasteiger partial charge in [-0.1, -0.05) is 17.3 Å². The van der Waals surface area contributed by atoms with Gasteiger partial charge in [-0.15, -0.1) is 11.3 Å². The second kappa shape index (κ2) is 9.71. The minimum Gasteiger partial charge on any atom is -0.497 e. The summed E-state index contributed by atoms with van der Waals surface area (Å²) in [7, 11) is 1.64. The molecule has 1 aromatic heterocycles. The molecule has 1 unspecified atom stereocenters. The predicted octanol–water partition coefficient (Wildman–Crippen LogP) is 3.63. The summed E-state index contributed by atoms with van der Waals surface area (Å²) in [5.41, 5.74) is 2.90. The molecule has 1 fully saturated rings. The SMILES string of the molecule is COc1cccc(C(=NOCCN2CCCC(C(=O)O)C2)c2cc(C)cs2)c1. The molecule has 6 nitrogen and oxygen atoms in total. The number of hydrogen-bond donors (Lipinski definition) is 1. The number of carbonyl (C=O) groups is 1. The standard InChI is InChI=1S/C21H26N2O4S/c1-15-11-19(28-14-15)20(16-5-3-7-18(12-16)26-2)22-27-10-9-23-8-4-6-17(13-23)21(24)25/h3,5,7,11-12,14,17H,4,6,8-10,13H2,1-2H3,(H,24,25). The second-order valence-electron chi connectivity index (χ2n) is 6.97. The van der Waals surface area contributed by atoms with Crippen LogP contribution in [0.3, 0.4) is 0 Å². The molecule has 1 aliphatic heterocycles. The molecule has 2 heterocycles. The molecule has 1 saturated heterocycles. The number of thiophene rings is 1. The first-order chi connectivity index (χ1) is 13.6. The van der Waals surface area contributed by atoms with E-state index in [1.807, 2.05) is 24.3 Å². The van der Waals surface area contributed by atoms with Gasteiger partial charge in [0.05, 0.1) is 17.9 Å². The van der Waals surface area contributed by atoms with Crippen LogP contribution < -0.4 is 4.74 Å². The fraction of sp³-hybridized carbons (Fsp3) is 0.429. The van der Waals surface area contributed by atoms with Crippen molar-refractivity contribution in [3.8, 4) is 5.75 Å². The summed E-state index contributed by atoms with van der Waals surface area (Å²) < 4.78 is 5.33. The molecular weight excluding hydrogens is 376 g/mol. The van der Waals surface area contributed by atoms with Crippen LogP contribution >= 0.6 is 11.3 Å². The number of rotatable bonds is 8. The van der Waals surface area contributed by atoms with E-state index in [1.165, 1.54) is 5.56 Å². The number of carboxylic acid groups (broad SMARTS) is 1. The maximum absolute atomic E-state index is 11.2. The van der Waals surface area contributed by atoms with Gasteiger partial charge in [-0.3, -0.25) is 9.69 Å². The van der Waals surface area contributed by atoms with Crippen LogP contribution in [0, 0.1) is 12.8 Å². The molecule has 2 aromatic rings. The zero-order valence-electron chi connectivity index (χ0n) is 16.3. The average molecular weight is 403 g/mol. The maximum Gasteiger partial charge on any atom is 0.307 e. The van der Waals surface area contributed by atoms with Gasteiger partial charge in [0.15, 0.2) is 0 Å². The number of aryl methyl sites for hydroxylation is 1. The third-order valence-corrected chi connectivity index (χ3v) is 5.87.